The number of H-pyrrole nitrogens is 1. The normalized spacial score (nSPS) is 10.7. The van der Waals surface area contributed by atoms with Gasteiger partial charge in [-0.3, -0.25) is 19.9 Å². The molecule has 0 spiro atoms. The van der Waals surface area contributed by atoms with Crippen LogP contribution in [0.3, 0.4) is 0 Å². The number of nitro groups is 1. The summed E-state index contributed by atoms with van der Waals surface area (Å²) < 4.78 is 0. The number of hydrazone groups is 1. The Balaban J connectivity index is 1.93. The smallest absolute Gasteiger partial charge is 0.288 e. The maximum atomic E-state index is 12.2. The second-order valence-corrected chi connectivity index (χ2v) is 6.38. The summed E-state index contributed by atoms with van der Waals surface area (Å²) in [6, 6.07) is 12.9. The van der Waals surface area contributed by atoms with E-state index in [2.05, 4.69) is 20.5 Å². The molecule has 0 unspecified atom stereocenters. The molecule has 0 bridgehead atoms. The van der Waals surface area contributed by atoms with Gasteiger partial charge in [-0.05, 0) is 6.07 Å². The van der Waals surface area contributed by atoms with Crippen LogP contribution >= 0.6 is 23.2 Å². The van der Waals surface area contributed by atoms with Crippen LogP contribution in [0.4, 0.5) is 11.6 Å². The summed E-state index contributed by atoms with van der Waals surface area (Å²) in [5.74, 6) is -0.0244. The summed E-state index contributed by atoms with van der Waals surface area (Å²) in [7, 11) is 0. The number of nitro benzene ring substituents is 1. The molecule has 1 aromatic heterocycles. The number of halogens is 2. The molecular weight excluding hydrogens is 419 g/mol. The van der Waals surface area contributed by atoms with Gasteiger partial charge in [0, 0.05) is 17.2 Å². The molecule has 29 heavy (non-hydrogen) atoms. The van der Waals surface area contributed by atoms with Crippen molar-refractivity contribution in [3.63, 3.8) is 0 Å². The average Bonchev–Trinajstić information content (AvgIpc) is 2.69. The summed E-state index contributed by atoms with van der Waals surface area (Å²) in [4.78, 5) is 29.2. The molecule has 0 radical (unpaired) electrons. The Hall–Kier alpha value is -3.74. The predicted octanol–water partition coefficient (Wildman–Crippen LogP) is 3.97. The highest BCUT2D eigenvalue weighted by Crippen LogP contribution is 2.30. The summed E-state index contributed by atoms with van der Waals surface area (Å²) in [6.07, 6.45) is 1.21. The molecule has 2 N–H and O–H groups in total. The van der Waals surface area contributed by atoms with Crippen LogP contribution in [0.5, 0.6) is 0 Å². The quantitative estimate of drug-likeness (QED) is 0.358. The molecule has 3 aromatic rings. The molecule has 0 fully saturated rings. The molecule has 0 aliphatic heterocycles. The summed E-state index contributed by atoms with van der Waals surface area (Å²) in [5, 5.41) is 24.2. The Morgan fingerprint density at radius 1 is 1.24 bits per heavy atom. The molecule has 3 rings (SSSR count). The Kier molecular flexibility index (Phi) is 5.87. The number of aromatic nitrogens is 2. The van der Waals surface area contributed by atoms with E-state index >= 15 is 0 Å². The lowest BCUT2D eigenvalue weighted by Crippen LogP contribution is -2.16. The highest BCUT2D eigenvalue weighted by atomic mass is 35.5. The number of hydrogen-bond acceptors (Lipinski definition) is 7. The molecule has 1 heterocycles. The van der Waals surface area contributed by atoms with Crippen LogP contribution in [-0.2, 0) is 0 Å². The molecule has 0 amide bonds. The van der Waals surface area contributed by atoms with Crippen molar-refractivity contribution in [2.24, 2.45) is 5.10 Å². The van der Waals surface area contributed by atoms with E-state index in [4.69, 9.17) is 23.2 Å². The first-order valence-electron chi connectivity index (χ1n) is 7.93. The summed E-state index contributed by atoms with van der Waals surface area (Å²) in [6.45, 7) is 0. The van der Waals surface area contributed by atoms with E-state index in [1.807, 2.05) is 6.07 Å². The van der Waals surface area contributed by atoms with E-state index in [1.165, 1.54) is 18.3 Å². The predicted molar refractivity (Wildman–Crippen MR) is 109 cm³/mol. The minimum atomic E-state index is -0.644. The van der Waals surface area contributed by atoms with Crippen LogP contribution in [0.15, 0.2) is 52.4 Å². The first-order valence-corrected chi connectivity index (χ1v) is 8.68. The fourth-order valence-electron chi connectivity index (χ4n) is 2.39. The van der Waals surface area contributed by atoms with Gasteiger partial charge in [0.2, 0.25) is 5.95 Å². The van der Waals surface area contributed by atoms with E-state index in [1.54, 1.807) is 30.3 Å². The van der Waals surface area contributed by atoms with Crippen molar-refractivity contribution >= 4 is 41.1 Å². The number of hydrogen-bond donors (Lipinski definition) is 2. The van der Waals surface area contributed by atoms with E-state index in [0.29, 0.717) is 5.56 Å². The molecule has 2 aromatic carbocycles. The lowest BCUT2D eigenvalue weighted by atomic mass is 10.1. The average molecular weight is 429 g/mol. The SMILES string of the molecule is N#Cc1c(-c2ccccc2)nc(NN=Cc2cc([N+](=O)[O-])c(Cl)cc2Cl)[nH]c1=O. The zero-order valence-corrected chi connectivity index (χ0v) is 15.9. The highest BCUT2D eigenvalue weighted by Gasteiger charge is 2.16. The number of anilines is 1. The van der Waals surface area contributed by atoms with Gasteiger partial charge in [0.1, 0.15) is 16.7 Å². The minimum absolute atomic E-state index is 0.0244. The second-order valence-electron chi connectivity index (χ2n) is 5.57. The number of nitrogens with one attached hydrogen (secondary N) is 2. The van der Waals surface area contributed by atoms with Gasteiger partial charge < -0.3 is 0 Å². The summed E-state index contributed by atoms with van der Waals surface area (Å²) in [5.41, 5.74) is 2.42. The van der Waals surface area contributed by atoms with Crippen LogP contribution < -0.4 is 11.0 Å². The van der Waals surface area contributed by atoms with Crippen molar-refractivity contribution in [3.8, 4) is 17.3 Å². The van der Waals surface area contributed by atoms with Crippen LogP contribution in [-0.4, -0.2) is 21.1 Å². The van der Waals surface area contributed by atoms with Gasteiger partial charge in [-0.1, -0.05) is 53.5 Å². The molecular formula is C18H10Cl2N6O3. The van der Waals surface area contributed by atoms with Crippen molar-refractivity contribution in [3.05, 3.63) is 84.1 Å². The minimum Gasteiger partial charge on any atom is -0.290 e. The molecule has 0 saturated heterocycles. The fourth-order valence-corrected chi connectivity index (χ4v) is 2.89. The van der Waals surface area contributed by atoms with Crippen molar-refractivity contribution < 1.29 is 4.92 Å². The van der Waals surface area contributed by atoms with Gasteiger partial charge >= 0.3 is 0 Å². The lowest BCUT2D eigenvalue weighted by molar-refractivity contribution is -0.384. The van der Waals surface area contributed by atoms with Gasteiger partial charge in [0.25, 0.3) is 11.2 Å². The first-order chi connectivity index (χ1) is 13.9. The lowest BCUT2D eigenvalue weighted by Gasteiger charge is -2.06. The maximum absolute atomic E-state index is 12.2. The first kappa shape index (κ1) is 20.0. The zero-order chi connectivity index (χ0) is 21.0. The molecule has 144 valence electrons. The van der Waals surface area contributed by atoms with Gasteiger partial charge in [-0.15, -0.1) is 0 Å². The van der Waals surface area contributed by atoms with Crippen LogP contribution in [0.25, 0.3) is 11.3 Å². The van der Waals surface area contributed by atoms with Crippen molar-refractivity contribution in [2.75, 3.05) is 5.43 Å². The van der Waals surface area contributed by atoms with Gasteiger partial charge in [0.05, 0.1) is 21.9 Å². The monoisotopic (exact) mass is 428 g/mol. The van der Waals surface area contributed by atoms with Crippen LogP contribution in [0, 0.1) is 21.4 Å². The van der Waals surface area contributed by atoms with E-state index in [-0.39, 0.29) is 38.5 Å². The number of rotatable bonds is 5. The Bertz CT molecular complexity index is 1220. The third-order valence-corrected chi connectivity index (χ3v) is 4.35. The van der Waals surface area contributed by atoms with Gasteiger partial charge in [-0.2, -0.15) is 10.4 Å². The highest BCUT2D eigenvalue weighted by molar-refractivity contribution is 6.37. The number of benzene rings is 2. The molecule has 0 aliphatic carbocycles. The van der Waals surface area contributed by atoms with Gasteiger partial charge in [0.15, 0.2) is 0 Å². The Morgan fingerprint density at radius 3 is 2.62 bits per heavy atom. The Morgan fingerprint density at radius 2 is 1.97 bits per heavy atom. The van der Waals surface area contributed by atoms with Crippen molar-refractivity contribution in [1.82, 2.24) is 9.97 Å². The molecule has 0 atom stereocenters. The number of nitriles is 1. The zero-order valence-electron chi connectivity index (χ0n) is 14.4. The molecule has 9 nitrogen and oxygen atoms in total. The van der Waals surface area contributed by atoms with E-state index in [9.17, 15) is 20.2 Å². The maximum Gasteiger partial charge on any atom is 0.288 e. The van der Waals surface area contributed by atoms with E-state index in [0.717, 1.165) is 0 Å². The van der Waals surface area contributed by atoms with E-state index < -0.39 is 10.5 Å². The standard InChI is InChI=1S/C18H10Cl2N6O3/c19-13-7-14(20)15(26(28)29)6-11(13)9-22-25-18-23-16(10-4-2-1-3-5-10)12(8-21)17(27)24-18/h1-7,9H,(H2,23,24,25,27). The third kappa shape index (κ3) is 4.40. The number of aromatic amines is 1. The largest absolute Gasteiger partial charge is 0.290 e. The van der Waals surface area contributed by atoms with Crippen molar-refractivity contribution in [2.45, 2.75) is 0 Å². The topological polar surface area (TPSA) is 137 Å². The second kappa shape index (κ2) is 8.52. The number of nitrogens with zero attached hydrogens (tertiary/aromatic N) is 4. The summed E-state index contributed by atoms with van der Waals surface area (Å²) >= 11 is 11.8. The molecule has 0 aliphatic rings. The van der Waals surface area contributed by atoms with Crippen LogP contribution in [0.1, 0.15) is 11.1 Å². The van der Waals surface area contributed by atoms with Gasteiger partial charge in [-0.25, -0.2) is 10.4 Å². The Labute approximate surface area is 173 Å². The molecule has 0 saturated carbocycles. The fraction of sp³-hybridized carbons (Fsp3) is 0. The van der Waals surface area contributed by atoms with Crippen LogP contribution in [0.2, 0.25) is 10.0 Å². The van der Waals surface area contributed by atoms with Crippen molar-refractivity contribution in [1.29, 1.82) is 5.26 Å². The third-order valence-electron chi connectivity index (χ3n) is 3.72. The molecule has 11 heteroatoms.